The molecule has 2 nitrogen and oxygen atoms in total. The number of ether oxygens (including phenoxy) is 1. The fourth-order valence-corrected chi connectivity index (χ4v) is 2.04. The van der Waals surface area contributed by atoms with Crippen molar-refractivity contribution in [2.45, 2.75) is 19.9 Å². The standard InChI is InChI=1S/C16H19NO/c1-12-8-7-11-15(18-3)16(12)17-13(2)14-9-5-4-6-10-14/h4-11,13,17H,1-3H3/t13-/m0/s1. The molecular weight excluding hydrogens is 222 g/mol. The number of nitrogens with one attached hydrogen (secondary N) is 1. The summed E-state index contributed by atoms with van der Waals surface area (Å²) in [5.41, 5.74) is 3.52. The topological polar surface area (TPSA) is 21.3 Å². The quantitative estimate of drug-likeness (QED) is 0.867. The number of rotatable bonds is 4. The second-order valence-corrected chi connectivity index (χ2v) is 4.43. The largest absolute Gasteiger partial charge is 0.495 e. The van der Waals surface area contributed by atoms with E-state index >= 15 is 0 Å². The number of benzene rings is 2. The average Bonchev–Trinajstić information content (AvgIpc) is 2.42. The van der Waals surface area contributed by atoms with Crippen LogP contribution in [0.1, 0.15) is 24.1 Å². The molecular formula is C16H19NO. The van der Waals surface area contributed by atoms with Crippen molar-refractivity contribution in [2.24, 2.45) is 0 Å². The van der Waals surface area contributed by atoms with E-state index in [9.17, 15) is 0 Å². The molecule has 0 aliphatic heterocycles. The number of hydrogen-bond acceptors (Lipinski definition) is 2. The number of methoxy groups -OCH3 is 1. The second-order valence-electron chi connectivity index (χ2n) is 4.43. The lowest BCUT2D eigenvalue weighted by Gasteiger charge is -2.19. The van der Waals surface area contributed by atoms with E-state index in [0.717, 1.165) is 11.4 Å². The van der Waals surface area contributed by atoms with Crippen molar-refractivity contribution in [3.63, 3.8) is 0 Å². The number of hydrogen-bond donors (Lipinski definition) is 1. The minimum Gasteiger partial charge on any atom is -0.495 e. The van der Waals surface area contributed by atoms with E-state index < -0.39 is 0 Å². The van der Waals surface area contributed by atoms with Gasteiger partial charge in [-0.1, -0.05) is 42.5 Å². The molecule has 1 atom stereocenters. The van der Waals surface area contributed by atoms with Gasteiger partial charge in [0, 0.05) is 6.04 Å². The fraction of sp³-hybridized carbons (Fsp3) is 0.250. The van der Waals surface area contributed by atoms with Crippen molar-refractivity contribution in [3.8, 4) is 5.75 Å². The SMILES string of the molecule is COc1cccc(C)c1N[C@@H](C)c1ccccc1. The Bertz CT molecular complexity index is 508. The average molecular weight is 241 g/mol. The van der Waals surface area contributed by atoms with Crippen LogP contribution in [0.4, 0.5) is 5.69 Å². The molecule has 0 saturated heterocycles. The first-order valence-corrected chi connectivity index (χ1v) is 6.17. The van der Waals surface area contributed by atoms with Gasteiger partial charge in [-0.3, -0.25) is 0 Å². The summed E-state index contributed by atoms with van der Waals surface area (Å²) in [6, 6.07) is 16.7. The van der Waals surface area contributed by atoms with Gasteiger partial charge >= 0.3 is 0 Å². The highest BCUT2D eigenvalue weighted by Crippen LogP contribution is 2.31. The molecule has 2 rings (SSSR count). The van der Waals surface area contributed by atoms with Gasteiger partial charge in [0.05, 0.1) is 12.8 Å². The smallest absolute Gasteiger partial charge is 0.142 e. The Morgan fingerprint density at radius 2 is 1.72 bits per heavy atom. The Kier molecular flexibility index (Phi) is 3.88. The van der Waals surface area contributed by atoms with Crippen molar-refractivity contribution >= 4 is 5.69 Å². The first-order valence-electron chi connectivity index (χ1n) is 6.17. The van der Waals surface area contributed by atoms with Gasteiger partial charge < -0.3 is 10.1 Å². The van der Waals surface area contributed by atoms with Gasteiger partial charge in [0.15, 0.2) is 0 Å². The first-order chi connectivity index (χ1) is 8.72. The minimum absolute atomic E-state index is 0.251. The lowest BCUT2D eigenvalue weighted by atomic mass is 10.1. The molecule has 0 aromatic heterocycles. The van der Waals surface area contributed by atoms with Gasteiger partial charge in [0.25, 0.3) is 0 Å². The van der Waals surface area contributed by atoms with Gasteiger partial charge in [0.1, 0.15) is 5.75 Å². The Morgan fingerprint density at radius 1 is 1.00 bits per heavy atom. The lowest BCUT2D eigenvalue weighted by molar-refractivity contribution is 0.416. The molecule has 1 N–H and O–H groups in total. The summed E-state index contributed by atoms with van der Waals surface area (Å²) in [5.74, 6) is 0.887. The minimum atomic E-state index is 0.251. The molecule has 94 valence electrons. The molecule has 0 fully saturated rings. The normalized spacial score (nSPS) is 11.9. The number of para-hydroxylation sites is 1. The van der Waals surface area contributed by atoms with E-state index in [2.05, 4.69) is 49.5 Å². The van der Waals surface area contributed by atoms with Crippen LogP contribution in [0.25, 0.3) is 0 Å². The molecule has 0 radical (unpaired) electrons. The number of aryl methyl sites for hydroxylation is 1. The highest BCUT2D eigenvalue weighted by molar-refractivity contribution is 5.62. The molecule has 18 heavy (non-hydrogen) atoms. The highest BCUT2D eigenvalue weighted by Gasteiger charge is 2.10. The van der Waals surface area contributed by atoms with Crippen molar-refractivity contribution in [3.05, 3.63) is 59.7 Å². The van der Waals surface area contributed by atoms with E-state index in [-0.39, 0.29) is 6.04 Å². The summed E-state index contributed by atoms with van der Waals surface area (Å²) in [6.45, 7) is 4.24. The van der Waals surface area contributed by atoms with Crippen LogP contribution in [-0.4, -0.2) is 7.11 Å². The van der Waals surface area contributed by atoms with Crippen LogP contribution in [0.3, 0.4) is 0 Å². The third-order valence-electron chi connectivity index (χ3n) is 3.11. The van der Waals surface area contributed by atoms with Gasteiger partial charge in [-0.2, -0.15) is 0 Å². The van der Waals surface area contributed by atoms with Crippen LogP contribution in [0.15, 0.2) is 48.5 Å². The molecule has 0 unspecified atom stereocenters. The summed E-state index contributed by atoms with van der Waals surface area (Å²) in [4.78, 5) is 0. The Morgan fingerprint density at radius 3 is 2.39 bits per heavy atom. The molecule has 2 aromatic rings. The number of anilines is 1. The molecule has 0 saturated carbocycles. The Hall–Kier alpha value is -1.96. The molecule has 2 heteroatoms. The maximum atomic E-state index is 5.40. The van der Waals surface area contributed by atoms with Crippen LogP contribution in [0, 0.1) is 6.92 Å². The molecule has 0 bridgehead atoms. The zero-order valence-corrected chi connectivity index (χ0v) is 11.1. The van der Waals surface area contributed by atoms with Crippen molar-refractivity contribution in [1.29, 1.82) is 0 Å². The zero-order chi connectivity index (χ0) is 13.0. The third kappa shape index (κ3) is 2.65. The first kappa shape index (κ1) is 12.5. The molecule has 0 aliphatic rings. The predicted molar refractivity (Wildman–Crippen MR) is 76.2 cm³/mol. The Balaban J connectivity index is 2.24. The molecule has 0 aliphatic carbocycles. The van der Waals surface area contributed by atoms with Crippen LogP contribution in [-0.2, 0) is 0 Å². The summed E-state index contributed by atoms with van der Waals surface area (Å²) in [5, 5.41) is 3.52. The zero-order valence-electron chi connectivity index (χ0n) is 11.1. The van der Waals surface area contributed by atoms with Gasteiger partial charge in [0.2, 0.25) is 0 Å². The molecule has 2 aromatic carbocycles. The third-order valence-corrected chi connectivity index (χ3v) is 3.11. The summed E-state index contributed by atoms with van der Waals surface area (Å²) in [6.07, 6.45) is 0. The van der Waals surface area contributed by atoms with Crippen LogP contribution in [0.5, 0.6) is 5.75 Å². The second kappa shape index (κ2) is 5.58. The van der Waals surface area contributed by atoms with Gasteiger partial charge in [-0.05, 0) is 31.0 Å². The van der Waals surface area contributed by atoms with Gasteiger partial charge in [-0.15, -0.1) is 0 Å². The molecule has 0 heterocycles. The maximum absolute atomic E-state index is 5.40. The fourth-order valence-electron chi connectivity index (χ4n) is 2.04. The van der Waals surface area contributed by atoms with Crippen LogP contribution < -0.4 is 10.1 Å². The van der Waals surface area contributed by atoms with Crippen LogP contribution in [0.2, 0.25) is 0 Å². The van der Waals surface area contributed by atoms with E-state index in [0.29, 0.717) is 0 Å². The highest BCUT2D eigenvalue weighted by atomic mass is 16.5. The monoisotopic (exact) mass is 241 g/mol. The molecule has 0 spiro atoms. The summed E-state index contributed by atoms with van der Waals surface area (Å²) < 4.78 is 5.40. The van der Waals surface area contributed by atoms with Crippen molar-refractivity contribution < 1.29 is 4.74 Å². The van der Waals surface area contributed by atoms with Crippen LogP contribution >= 0.6 is 0 Å². The van der Waals surface area contributed by atoms with Crippen molar-refractivity contribution in [2.75, 3.05) is 12.4 Å². The van der Waals surface area contributed by atoms with E-state index in [1.165, 1.54) is 11.1 Å². The van der Waals surface area contributed by atoms with E-state index in [1.54, 1.807) is 7.11 Å². The lowest BCUT2D eigenvalue weighted by Crippen LogP contribution is -2.08. The van der Waals surface area contributed by atoms with E-state index in [4.69, 9.17) is 4.74 Å². The summed E-state index contributed by atoms with van der Waals surface area (Å²) >= 11 is 0. The van der Waals surface area contributed by atoms with Crippen molar-refractivity contribution in [1.82, 2.24) is 0 Å². The molecule has 0 amide bonds. The predicted octanol–water partition coefficient (Wildman–Crippen LogP) is 4.18. The maximum Gasteiger partial charge on any atom is 0.142 e. The van der Waals surface area contributed by atoms with E-state index in [1.807, 2.05) is 18.2 Å². The Labute approximate surface area is 109 Å². The van der Waals surface area contributed by atoms with Gasteiger partial charge in [-0.25, -0.2) is 0 Å². The summed E-state index contributed by atoms with van der Waals surface area (Å²) in [7, 11) is 1.70.